The van der Waals surface area contributed by atoms with Gasteiger partial charge < -0.3 is 5.11 Å². The first-order chi connectivity index (χ1) is 14.2. The molecule has 1 amide bonds. The quantitative estimate of drug-likeness (QED) is 0.387. The van der Waals surface area contributed by atoms with Gasteiger partial charge in [-0.2, -0.15) is 18.2 Å². The van der Waals surface area contributed by atoms with Gasteiger partial charge in [0.2, 0.25) is 0 Å². The number of carbonyl (C=O) groups excluding carboxylic acids is 2. The SMILES string of the molecule is CC(=O)C(=NC(=O)c1ccc(S(=O)(=O)Nc2ccc(F)c(C(F)(F)F)c2)cc1)C(=O)O. The topological polar surface area (TPSA) is 130 Å². The van der Waals surface area contributed by atoms with E-state index in [1.54, 1.807) is 0 Å². The Morgan fingerprint density at radius 3 is 2.10 bits per heavy atom. The molecule has 0 fully saturated rings. The Morgan fingerprint density at radius 1 is 1.03 bits per heavy atom. The van der Waals surface area contributed by atoms with Crippen molar-refractivity contribution in [2.24, 2.45) is 4.99 Å². The maximum absolute atomic E-state index is 13.3. The Labute approximate surface area is 172 Å². The lowest BCUT2D eigenvalue weighted by Gasteiger charge is -2.12. The van der Waals surface area contributed by atoms with Crippen molar-refractivity contribution >= 4 is 39.1 Å². The number of carbonyl (C=O) groups is 3. The Hall–Kier alpha value is -3.61. The highest BCUT2D eigenvalue weighted by Gasteiger charge is 2.34. The molecular weight excluding hydrogens is 448 g/mol. The van der Waals surface area contributed by atoms with Crippen LogP contribution in [0.25, 0.3) is 0 Å². The van der Waals surface area contributed by atoms with Gasteiger partial charge in [0, 0.05) is 18.2 Å². The van der Waals surface area contributed by atoms with Gasteiger partial charge in [-0.3, -0.25) is 14.3 Å². The van der Waals surface area contributed by atoms with Crippen LogP contribution in [0.2, 0.25) is 0 Å². The van der Waals surface area contributed by atoms with Crippen LogP contribution in [0.3, 0.4) is 0 Å². The molecule has 0 bridgehead atoms. The van der Waals surface area contributed by atoms with Gasteiger partial charge in [-0.25, -0.2) is 17.6 Å². The van der Waals surface area contributed by atoms with E-state index in [4.69, 9.17) is 5.11 Å². The Morgan fingerprint density at radius 2 is 1.61 bits per heavy atom. The number of ketones is 1. The molecule has 2 N–H and O–H groups in total. The van der Waals surface area contributed by atoms with E-state index in [1.807, 2.05) is 4.72 Å². The molecule has 0 saturated heterocycles. The van der Waals surface area contributed by atoms with Crippen LogP contribution in [-0.2, 0) is 25.8 Å². The van der Waals surface area contributed by atoms with Crippen molar-refractivity contribution in [3.8, 4) is 0 Å². The van der Waals surface area contributed by atoms with Crippen molar-refractivity contribution in [1.82, 2.24) is 0 Å². The first kappa shape index (κ1) is 23.7. The van der Waals surface area contributed by atoms with Gasteiger partial charge in [0.05, 0.1) is 10.5 Å². The third kappa shape index (κ3) is 5.72. The van der Waals surface area contributed by atoms with Gasteiger partial charge in [0.25, 0.3) is 15.9 Å². The maximum atomic E-state index is 13.3. The second-order valence-corrected chi connectivity index (χ2v) is 7.63. The largest absolute Gasteiger partial charge is 0.476 e. The number of alkyl halides is 3. The summed E-state index contributed by atoms with van der Waals surface area (Å²) in [6, 6.07) is 5.28. The average molecular weight is 460 g/mol. The third-order valence-corrected chi connectivity index (χ3v) is 5.08. The molecule has 164 valence electrons. The minimum Gasteiger partial charge on any atom is -0.476 e. The van der Waals surface area contributed by atoms with Gasteiger partial charge in [0.1, 0.15) is 5.82 Å². The molecular formula is C18H12F4N2O6S. The summed E-state index contributed by atoms with van der Waals surface area (Å²) in [7, 11) is -4.42. The number of amides is 1. The highest BCUT2D eigenvalue weighted by molar-refractivity contribution is 7.92. The molecule has 0 aromatic heterocycles. The number of nitrogens with zero attached hydrogens (tertiary/aromatic N) is 1. The molecule has 31 heavy (non-hydrogen) atoms. The van der Waals surface area contributed by atoms with Gasteiger partial charge in [-0.1, -0.05) is 0 Å². The molecule has 2 aromatic carbocycles. The first-order valence-electron chi connectivity index (χ1n) is 8.09. The van der Waals surface area contributed by atoms with Crippen molar-refractivity contribution in [2.45, 2.75) is 18.0 Å². The molecule has 0 saturated carbocycles. The average Bonchev–Trinajstić information content (AvgIpc) is 2.66. The van der Waals surface area contributed by atoms with E-state index in [-0.39, 0.29) is 11.6 Å². The number of benzene rings is 2. The monoisotopic (exact) mass is 460 g/mol. The van der Waals surface area contributed by atoms with Gasteiger partial charge in [0.15, 0.2) is 11.5 Å². The molecule has 0 aliphatic rings. The van der Waals surface area contributed by atoms with E-state index in [0.29, 0.717) is 6.07 Å². The fourth-order valence-corrected chi connectivity index (χ4v) is 3.29. The predicted octanol–water partition coefficient (Wildman–Crippen LogP) is 2.90. The van der Waals surface area contributed by atoms with Crippen LogP contribution in [-0.4, -0.2) is 36.9 Å². The predicted molar refractivity (Wildman–Crippen MR) is 98.7 cm³/mol. The molecule has 0 atom stereocenters. The zero-order chi connectivity index (χ0) is 23.6. The molecule has 2 rings (SSSR count). The summed E-state index contributed by atoms with van der Waals surface area (Å²) in [5, 5.41) is 8.83. The van der Waals surface area contributed by atoms with Crippen LogP contribution in [0.15, 0.2) is 52.4 Å². The van der Waals surface area contributed by atoms with E-state index >= 15 is 0 Å². The molecule has 0 heterocycles. The Balaban J connectivity index is 2.30. The lowest BCUT2D eigenvalue weighted by atomic mass is 10.2. The maximum Gasteiger partial charge on any atom is 0.419 e. The van der Waals surface area contributed by atoms with Crippen molar-refractivity contribution in [3.05, 3.63) is 59.4 Å². The molecule has 13 heteroatoms. The number of hydrogen-bond donors (Lipinski definition) is 2. The van der Waals surface area contributed by atoms with Crippen LogP contribution in [0.1, 0.15) is 22.8 Å². The molecule has 0 radical (unpaired) electrons. The number of anilines is 1. The molecule has 0 aliphatic heterocycles. The minimum absolute atomic E-state index is 0.250. The second kappa shape index (κ2) is 8.63. The summed E-state index contributed by atoms with van der Waals surface area (Å²) in [5.41, 5.74) is -3.47. The summed E-state index contributed by atoms with van der Waals surface area (Å²) >= 11 is 0. The summed E-state index contributed by atoms with van der Waals surface area (Å²) in [4.78, 5) is 36.7. The van der Waals surface area contributed by atoms with Crippen LogP contribution < -0.4 is 4.72 Å². The zero-order valence-electron chi connectivity index (χ0n) is 15.4. The van der Waals surface area contributed by atoms with Crippen molar-refractivity contribution in [1.29, 1.82) is 0 Å². The summed E-state index contributed by atoms with van der Waals surface area (Å²) in [6.45, 7) is 0.890. The standard InChI is InChI=1S/C18H12F4N2O6S/c1-9(25)15(17(27)28)23-16(26)10-2-5-12(6-3-10)31(29,30)24-11-4-7-14(19)13(8-11)18(20,21)22/h2-8,24H,1H3,(H,27,28). The summed E-state index contributed by atoms with van der Waals surface area (Å²) in [6.07, 6.45) is -5.04. The number of hydrogen-bond acceptors (Lipinski definition) is 5. The number of sulfonamides is 1. The van der Waals surface area contributed by atoms with E-state index in [9.17, 15) is 40.4 Å². The minimum atomic E-state index is -5.04. The van der Waals surface area contributed by atoms with Gasteiger partial charge in [-0.05, 0) is 42.5 Å². The van der Waals surface area contributed by atoms with Crippen molar-refractivity contribution in [2.75, 3.05) is 4.72 Å². The number of carboxylic acids is 1. The highest BCUT2D eigenvalue weighted by Crippen LogP contribution is 2.33. The highest BCUT2D eigenvalue weighted by atomic mass is 32.2. The number of aliphatic carboxylic acids is 1. The van der Waals surface area contributed by atoms with E-state index in [0.717, 1.165) is 37.3 Å². The fourth-order valence-electron chi connectivity index (χ4n) is 2.24. The molecule has 8 nitrogen and oxygen atoms in total. The zero-order valence-corrected chi connectivity index (χ0v) is 16.2. The van der Waals surface area contributed by atoms with Crippen LogP contribution in [0.5, 0.6) is 0 Å². The van der Waals surface area contributed by atoms with Crippen LogP contribution in [0.4, 0.5) is 23.2 Å². The molecule has 2 aromatic rings. The Kier molecular flexibility index (Phi) is 6.59. The van der Waals surface area contributed by atoms with Crippen LogP contribution in [0, 0.1) is 5.82 Å². The number of halogens is 4. The summed E-state index contributed by atoms with van der Waals surface area (Å²) in [5.74, 6) is -5.40. The lowest BCUT2D eigenvalue weighted by molar-refractivity contribution is -0.140. The smallest absolute Gasteiger partial charge is 0.419 e. The van der Waals surface area contributed by atoms with E-state index in [1.165, 1.54) is 0 Å². The summed E-state index contributed by atoms with van der Waals surface area (Å²) < 4.78 is 78.2. The second-order valence-electron chi connectivity index (χ2n) is 5.95. The number of rotatable bonds is 6. The molecule has 0 aliphatic carbocycles. The number of aliphatic imine (C=N–C) groups is 1. The normalized spacial score (nSPS) is 12.4. The number of nitrogens with one attached hydrogen (secondary N) is 1. The first-order valence-corrected chi connectivity index (χ1v) is 9.57. The van der Waals surface area contributed by atoms with E-state index < -0.39 is 61.5 Å². The fraction of sp³-hybridized carbons (Fsp3) is 0.111. The third-order valence-electron chi connectivity index (χ3n) is 3.68. The lowest BCUT2D eigenvalue weighted by Crippen LogP contribution is -2.22. The van der Waals surface area contributed by atoms with Crippen LogP contribution >= 0.6 is 0 Å². The van der Waals surface area contributed by atoms with Crippen molar-refractivity contribution < 1.29 is 45.5 Å². The molecule has 0 unspecified atom stereocenters. The van der Waals surface area contributed by atoms with Gasteiger partial charge >= 0.3 is 12.1 Å². The number of carboxylic acid groups (broad SMARTS) is 1. The van der Waals surface area contributed by atoms with Gasteiger partial charge in [-0.15, -0.1) is 0 Å². The Bertz CT molecular complexity index is 1170. The van der Waals surface area contributed by atoms with E-state index in [2.05, 4.69) is 4.99 Å². The number of Topliss-reactive ketones (excluding diaryl/α,β-unsaturated/α-hetero) is 1. The van der Waals surface area contributed by atoms with Crippen molar-refractivity contribution in [3.63, 3.8) is 0 Å². The molecule has 0 spiro atoms.